The van der Waals surface area contributed by atoms with E-state index in [1.807, 2.05) is 0 Å². The molecule has 1 unspecified atom stereocenters. The Bertz CT molecular complexity index is 438. The van der Waals surface area contributed by atoms with Crippen LogP contribution in [0.5, 0.6) is 0 Å². The summed E-state index contributed by atoms with van der Waals surface area (Å²) >= 11 is 0. The predicted molar refractivity (Wildman–Crippen MR) is 93.4 cm³/mol. The summed E-state index contributed by atoms with van der Waals surface area (Å²) in [6, 6.07) is 9.32. The lowest BCUT2D eigenvalue weighted by molar-refractivity contribution is 0.134. The largest absolute Gasteiger partial charge is 0.308 e. The van der Waals surface area contributed by atoms with E-state index in [1.165, 1.54) is 11.1 Å². The monoisotopic (exact) mass is 290 g/mol. The minimum absolute atomic E-state index is 0.151. The van der Waals surface area contributed by atoms with Gasteiger partial charge in [0.05, 0.1) is 0 Å². The third-order valence-corrected chi connectivity index (χ3v) is 4.26. The Morgan fingerprint density at radius 3 is 2.00 bits per heavy atom. The Morgan fingerprint density at radius 1 is 1.00 bits per heavy atom. The average molecular weight is 290 g/mol. The van der Waals surface area contributed by atoms with Gasteiger partial charge in [-0.05, 0) is 51.3 Å². The fourth-order valence-electron chi connectivity index (χ4n) is 2.31. The zero-order chi connectivity index (χ0) is 16.3. The molecular formula is C19H34N2. The third-order valence-electron chi connectivity index (χ3n) is 4.26. The van der Waals surface area contributed by atoms with Crippen LogP contribution < -0.4 is 5.32 Å². The van der Waals surface area contributed by atoms with E-state index in [-0.39, 0.29) is 5.54 Å². The van der Waals surface area contributed by atoms with Gasteiger partial charge in [-0.25, -0.2) is 0 Å². The normalized spacial score (nSPS) is 14.5. The molecule has 1 aromatic rings. The van der Waals surface area contributed by atoms with Crippen molar-refractivity contribution in [3.05, 3.63) is 35.4 Å². The van der Waals surface area contributed by atoms with E-state index >= 15 is 0 Å². The van der Waals surface area contributed by atoms with Crippen molar-refractivity contribution in [3.63, 3.8) is 0 Å². The second-order valence-electron chi connectivity index (χ2n) is 8.33. The molecular weight excluding hydrogens is 256 g/mol. The second kappa shape index (κ2) is 6.93. The fraction of sp³-hybridized carbons (Fsp3) is 0.684. The minimum atomic E-state index is 0.151. The molecule has 0 aliphatic heterocycles. The molecule has 0 aromatic heterocycles. The van der Waals surface area contributed by atoms with Crippen LogP contribution in [0.3, 0.4) is 0 Å². The molecule has 1 atom stereocenters. The van der Waals surface area contributed by atoms with E-state index in [2.05, 4.69) is 90.0 Å². The van der Waals surface area contributed by atoms with Crippen LogP contribution in [-0.4, -0.2) is 23.5 Å². The summed E-state index contributed by atoms with van der Waals surface area (Å²) in [7, 11) is 2.23. The fourth-order valence-corrected chi connectivity index (χ4v) is 2.31. The zero-order valence-corrected chi connectivity index (χ0v) is 15.2. The lowest BCUT2D eigenvalue weighted by Gasteiger charge is -2.36. The molecule has 21 heavy (non-hydrogen) atoms. The number of hydrogen-bond donors (Lipinski definition) is 1. The third kappa shape index (κ3) is 6.19. The van der Waals surface area contributed by atoms with Crippen molar-refractivity contribution in [3.8, 4) is 0 Å². The van der Waals surface area contributed by atoms with Crippen molar-refractivity contribution in [2.45, 2.75) is 73.1 Å². The molecule has 0 spiro atoms. The summed E-state index contributed by atoms with van der Waals surface area (Å²) in [6.45, 7) is 17.8. The molecule has 0 heterocycles. The molecule has 120 valence electrons. The summed E-state index contributed by atoms with van der Waals surface area (Å²) in [4.78, 5) is 2.45. The van der Waals surface area contributed by atoms with Gasteiger partial charge in [0.15, 0.2) is 0 Å². The number of nitrogens with one attached hydrogen (secondary N) is 1. The second-order valence-corrected chi connectivity index (χ2v) is 8.33. The summed E-state index contributed by atoms with van der Waals surface area (Å²) in [6.07, 6.45) is 0. The van der Waals surface area contributed by atoms with Gasteiger partial charge >= 0.3 is 0 Å². The molecule has 0 amide bonds. The molecule has 0 aliphatic rings. The molecule has 2 heteroatoms. The van der Waals surface area contributed by atoms with Gasteiger partial charge in [-0.15, -0.1) is 0 Å². The van der Waals surface area contributed by atoms with Crippen molar-refractivity contribution in [1.82, 2.24) is 10.2 Å². The van der Waals surface area contributed by atoms with Gasteiger partial charge in [-0.3, -0.25) is 4.90 Å². The van der Waals surface area contributed by atoms with Gasteiger partial charge < -0.3 is 5.32 Å². The first kappa shape index (κ1) is 18.2. The van der Waals surface area contributed by atoms with Crippen LogP contribution in [0.15, 0.2) is 24.3 Å². The van der Waals surface area contributed by atoms with E-state index in [9.17, 15) is 0 Å². The van der Waals surface area contributed by atoms with E-state index in [0.717, 1.165) is 13.1 Å². The molecule has 0 aliphatic carbocycles. The molecule has 0 saturated heterocycles. The summed E-state index contributed by atoms with van der Waals surface area (Å²) in [5, 5.41) is 3.59. The van der Waals surface area contributed by atoms with Gasteiger partial charge in [0.1, 0.15) is 0 Å². The first-order valence-corrected chi connectivity index (χ1v) is 8.03. The highest BCUT2D eigenvalue weighted by molar-refractivity contribution is 5.27. The molecule has 0 saturated carbocycles. The van der Waals surface area contributed by atoms with Crippen molar-refractivity contribution in [1.29, 1.82) is 0 Å². The molecule has 1 rings (SSSR count). The standard InChI is InChI=1S/C19H34N2/c1-15(18(2,3)4)21(8)14-17-12-10-9-11-16(17)13-20-19(5,6)7/h9-12,15,20H,13-14H2,1-8H3. The number of benzene rings is 1. The van der Waals surface area contributed by atoms with Gasteiger partial charge in [0.2, 0.25) is 0 Å². The predicted octanol–water partition coefficient (Wildman–Crippen LogP) is 4.44. The number of hydrogen-bond acceptors (Lipinski definition) is 2. The topological polar surface area (TPSA) is 15.3 Å². The van der Waals surface area contributed by atoms with Crippen LogP contribution in [-0.2, 0) is 13.1 Å². The maximum Gasteiger partial charge on any atom is 0.0236 e. The first-order chi connectivity index (χ1) is 9.50. The van der Waals surface area contributed by atoms with Crippen molar-refractivity contribution in [2.75, 3.05) is 7.05 Å². The van der Waals surface area contributed by atoms with Gasteiger partial charge in [0.25, 0.3) is 0 Å². The molecule has 2 nitrogen and oxygen atoms in total. The molecule has 1 N–H and O–H groups in total. The highest BCUT2D eigenvalue weighted by atomic mass is 15.1. The minimum Gasteiger partial charge on any atom is -0.308 e. The van der Waals surface area contributed by atoms with Gasteiger partial charge in [0, 0.05) is 24.7 Å². The Hall–Kier alpha value is -0.860. The molecule has 0 bridgehead atoms. The molecule has 0 radical (unpaired) electrons. The Kier molecular flexibility index (Phi) is 6.01. The van der Waals surface area contributed by atoms with Crippen LogP contribution in [0.2, 0.25) is 0 Å². The van der Waals surface area contributed by atoms with Crippen molar-refractivity contribution in [2.24, 2.45) is 5.41 Å². The summed E-state index contributed by atoms with van der Waals surface area (Å²) in [5.74, 6) is 0. The van der Waals surface area contributed by atoms with E-state index in [1.54, 1.807) is 0 Å². The summed E-state index contributed by atoms with van der Waals surface area (Å²) < 4.78 is 0. The zero-order valence-electron chi connectivity index (χ0n) is 15.2. The summed E-state index contributed by atoms with van der Waals surface area (Å²) in [5.41, 5.74) is 3.28. The van der Waals surface area contributed by atoms with Crippen molar-refractivity contribution >= 4 is 0 Å². The van der Waals surface area contributed by atoms with Crippen LogP contribution in [0.25, 0.3) is 0 Å². The highest BCUT2D eigenvalue weighted by Gasteiger charge is 2.24. The first-order valence-electron chi connectivity index (χ1n) is 8.03. The SMILES string of the molecule is CC(N(C)Cc1ccccc1CNC(C)(C)C)C(C)(C)C. The molecule has 1 aromatic carbocycles. The maximum atomic E-state index is 3.59. The quantitative estimate of drug-likeness (QED) is 0.862. The van der Waals surface area contributed by atoms with E-state index in [4.69, 9.17) is 0 Å². The highest BCUT2D eigenvalue weighted by Crippen LogP contribution is 2.25. The van der Waals surface area contributed by atoms with Crippen LogP contribution in [0.4, 0.5) is 0 Å². The average Bonchev–Trinajstić information content (AvgIpc) is 2.34. The van der Waals surface area contributed by atoms with Crippen LogP contribution in [0, 0.1) is 5.41 Å². The van der Waals surface area contributed by atoms with Crippen molar-refractivity contribution < 1.29 is 0 Å². The Labute approximate surface area is 131 Å². The Morgan fingerprint density at radius 2 is 1.52 bits per heavy atom. The van der Waals surface area contributed by atoms with E-state index in [0.29, 0.717) is 11.5 Å². The Balaban J connectivity index is 2.79. The van der Waals surface area contributed by atoms with Crippen LogP contribution in [0.1, 0.15) is 59.6 Å². The van der Waals surface area contributed by atoms with Gasteiger partial charge in [-0.2, -0.15) is 0 Å². The van der Waals surface area contributed by atoms with Gasteiger partial charge in [-0.1, -0.05) is 45.0 Å². The lowest BCUT2D eigenvalue weighted by Crippen LogP contribution is -2.39. The maximum absolute atomic E-state index is 3.59. The van der Waals surface area contributed by atoms with Crippen LogP contribution >= 0.6 is 0 Å². The number of rotatable bonds is 5. The van der Waals surface area contributed by atoms with E-state index < -0.39 is 0 Å². The number of nitrogens with zero attached hydrogens (tertiary/aromatic N) is 1. The lowest BCUT2D eigenvalue weighted by atomic mass is 9.87. The smallest absolute Gasteiger partial charge is 0.0236 e. The molecule has 0 fully saturated rings.